The molecule has 1 saturated heterocycles. The van der Waals surface area contributed by atoms with Gasteiger partial charge < -0.3 is 4.90 Å². The Labute approximate surface area is 120 Å². The average molecular weight is 273 g/mol. The monoisotopic (exact) mass is 273 g/mol. The Bertz CT molecular complexity index is 438. The molecule has 0 atom stereocenters. The number of hydrogen-bond acceptors (Lipinski definition) is 3. The average Bonchev–Trinajstić information content (AvgIpc) is 3.33. The molecular formula is C16H23N3O. The topological polar surface area (TPSA) is 36.4 Å². The SMILES string of the molecule is O=C(CN(Cc1ccccn1)C1CC1)N1CCCCC1. The summed E-state index contributed by atoms with van der Waals surface area (Å²) in [6, 6.07) is 6.58. The van der Waals surface area contributed by atoms with Crippen molar-refractivity contribution in [1.29, 1.82) is 0 Å². The zero-order valence-corrected chi connectivity index (χ0v) is 12.0. The highest BCUT2D eigenvalue weighted by atomic mass is 16.2. The van der Waals surface area contributed by atoms with Gasteiger partial charge in [-0.15, -0.1) is 0 Å². The first-order chi connectivity index (χ1) is 9.83. The quantitative estimate of drug-likeness (QED) is 0.824. The highest BCUT2D eigenvalue weighted by Crippen LogP contribution is 2.28. The van der Waals surface area contributed by atoms with Crippen LogP contribution in [0.3, 0.4) is 0 Å². The van der Waals surface area contributed by atoms with E-state index in [0.717, 1.165) is 38.2 Å². The normalized spacial score (nSPS) is 19.4. The molecule has 2 heterocycles. The molecule has 1 aromatic heterocycles. The summed E-state index contributed by atoms with van der Waals surface area (Å²) in [5.74, 6) is 0.299. The second-order valence-electron chi connectivity index (χ2n) is 5.90. The minimum absolute atomic E-state index is 0.299. The highest BCUT2D eigenvalue weighted by Gasteiger charge is 2.31. The van der Waals surface area contributed by atoms with Gasteiger partial charge in [0.1, 0.15) is 0 Å². The third kappa shape index (κ3) is 3.57. The van der Waals surface area contributed by atoms with Crippen LogP contribution in [0.25, 0.3) is 0 Å². The zero-order valence-electron chi connectivity index (χ0n) is 12.0. The molecule has 108 valence electrons. The number of aromatic nitrogens is 1. The van der Waals surface area contributed by atoms with Crippen LogP contribution in [0.4, 0.5) is 0 Å². The number of pyridine rings is 1. The number of likely N-dealkylation sites (tertiary alicyclic amines) is 1. The van der Waals surface area contributed by atoms with Crippen LogP contribution in [0.15, 0.2) is 24.4 Å². The Balaban J connectivity index is 1.58. The lowest BCUT2D eigenvalue weighted by Crippen LogP contribution is -2.43. The summed E-state index contributed by atoms with van der Waals surface area (Å²) in [6.45, 7) is 3.24. The summed E-state index contributed by atoms with van der Waals surface area (Å²) < 4.78 is 0. The van der Waals surface area contributed by atoms with Gasteiger partial charge in [0.05, 0.1) is 12.2 Å². The number of hydrogen-bond donors (Lipinski definition) is 0. The summed E-state index contributed by atoms with van der Waals surface area (Å²) in [5, 5.41) is 0. The van der Waals surface area contributed by atoms with Crippen molar-refractivity contribution in [3.05, 3.63) is 30.1 Å². The largest absolute Gasteiger partial charge is 0.342 e. The molecule has 2 fully saturated rings. The van der Waals surface area contributed by atoms with Crippen LogP contribution in [-0.4, -0.2) is 46.4 Å². The minimum Gasteiger partial charge on any atom is -0.342 e. The number of nitrogens with zero attached hydrogens (tertiary/aromatic N) is 3. The molecule has 4 heteroatoms. The van der Waals surface area contributed by atoms with Crippen molar-refractivity contribution < 1.29 is 4.79 Å². The van der Waals surface area contributed by atoms with Crippen LogP contribution < -0.4 is 0 Å². The predicted octanol–water partition coefficient (Wildman–Crippen LogP) is 2.06. The lowest BCUT2D eigenvalue weighted by Gasteiger charge is -2.30. The van der Waals surface area contributed by atoms with Crippen LogP contribution in [0.1, 0.15) is 37.8 Å². The molecule has 0 bridgehead atoms. The third-order valence-corrected chi connectivity index (χ3v) is 4.20. The smallest absolute Gasteiger partial charge is 0.236 e. The minimum atomic E-state index is 0.299. The maximum atomic E-state index is 12.4. The Morgan fingerprint density at radius 3 is 2.70 bits per heavy atom. The molecule has 0 radical (unpaired) electrons. The van der Waals surface area contributed by atoms with Crippen molar-refractivity contribution in [2.75, 3.05) is 19.6 Å². The first kappa shape index (κ1) is 13.6. The molecule has 1 aliphatic carbocycles. The van der Waals surface area contributed by atoms with E-state index < -0.39 is 0 Å². The van der Waals surface area contributed by atoms with Crippen LogP contribution in [0.5, 0.6) is 0 Å². The van der Waals surface area contributed by atoms with Crippen molar-refractivity contribution in [3.8, 4) is 0 Å². The molecule has 1 saturated carbocycles. The second kappa shape index (κ2) is 6.35. The van der Waals surface area contributed by atoms with E-state index in [1.807, 2.05) is 29.3 Å². The second-order valence-corrected chi connectivity index (χ2v) is 5.90. The maximum Gasteiger partial charge on any atom is 0.236 e. The van der Waals surface area contributed by atoms with Crippen molar-refractivity contribution >= 4 is 5.91 Å². The van der Waals surface area contributed by atoms with E-state index in [1.165, 1.54) is 19.3 Å². The van der Waals surface area contributed by atoms with Crippen LogP contribution in [-0.2, 0) is 11.3 Å². The fraction of sp³-hybridized carbons (Fsp3) is 0.625. The Morgan fingerprint density at radius 1 is 1.25 bits per heavy atom. The Hall–Kier alpha value is -1.42. The number of carbonyl (C=O) groups excluding carboxylic acids is 1. The standard InChI is InChI=1S/C16H23N3O/c20-16(18-10-4-1-5-11-18)13-19(15-7-8-15)12-14-6-2-3-9-17-14/h2-3,6,9,15H,1,4-5,7-8,10-13H2. The molecule has 2 aliphatic rings. The first-order valence-electron chi connectivity index (χ1n) is 7.74. The van der Waals surface area contributed by atoms with Crippen molar-refractivity contribution in [2.45, 2.75) is 44.7 Å². The van der Waals surface area contributed by atoms with Gasteiger partial charge in [0, 0.05) is 31.9 Å². The van der Waals surface area contributed by atoms with Gasteiger partial charge in [0.25, 0.3) is 0 Å². The molecule has 4 nitrogen and oxygen atoms in total. The Morgan fingerprint density at radius 2 is 2.05 bits per heavy atom. The van der Waals surface area contributed by atoms with Crippen molar-refractivity contribution in [3.63, 3.8) is 0 Å². The number of rotatable bonds is 5. The number of piperidine rings is 1. The fourth-order valence-corrected chi connectivity index (χ4v) is 2.87. The molecule has 3 rings (SSSR count). The molecule has 0 spiro atoms. The van der Waals surface area contributed by atoms with Gasteiger partial charge in [-0.05, 0) is 44.2 Å². The van der Waals surface area contributed by atoms with Crippen LogP contribution >= 0.6 is 0 Å². The zero-order chi connectivity index (χ0) is 13.8. The van der Waals surface area contributed by atoms with Gasteiger partial charge in [-0.3, -0.25) is 14.7 Å². The van der Waals surface area contributed by atoms with Crippen molar-refractivity contribution in [1.82, 2.24) is 14.8 Å². The van der Waals surface area contributed by atoms with Gasteiger partial charge in [-0.2, -0.15) is 0 Å². The summed E-state index contributed by atoms with van der Waals surface area (Å²) in [7, 11) is 0. The van der Waals surface area contributed by atoms with E-state index in [2.05, 4.69) is 9.88 Å². The first-order valence-corrected chi connectivity index (χ1v) is 7.74. The van der Waals surface area contributed by atoms with Crippen molar-refractivity contribution in [2.24, 2.45) is 0 Å². The van der Waals surface area contributed by atoms with E-state index in [0.29, 0.717) is 18.5 Å². The van der Waals surface area contributed by atoms with Gasteiger partial charge in [0.2, 0.25) is 5.91 Å². The summed E-state index contributed by atoms with van der Waals surface area (Å²) in [5.41, 5.74) is 1.06. The lowest BCUT2D eigenvalue weighted by atomic mass is 10.1. The van der Waals surface area contributed by atoms with Crippen LogP contribution in [0.2, 0.25) is 0 Å². The molecule has 0 aromatic carbocycles. The molecule has 1 aliphatic heterocycles. The molecule has 20 heavy (non-hydrogen) atoms. The number of amides is 1. The van der Waals surface area contributed by atoms with Gasteiger partial charge in [0.15, 0.2) is 0 Å². The van der Waals surface area contributed by atoms with Gasteiger partial charge in [-0.25, -0.2) is 0 Å². The number of carbonyl (C=O) groups is 1. The maximum absolute atomic E-state index is 12.4. The summed E-state index contributed by atoms with van der Waals surface area (Å²) in [4.78, 5) is 21.1. The predicted molar refractivity (Wildman–Crippen MR) is 78.1 cm³/mol. The molecule has 1 amide bonds. The highest BCUT2D eigenvalue weighted by molar-refractivity contribution is 5.78. The summed E-state index contributed by atoms with van der Waals surface area (Å²) in [6.07, 6.45) is 7.86. The van der Waals surface area contributed by atoms with E-state index in [4.69, 9.17) is 0 Å². The van der Waals surface area contributed by atoms with E-state index in [9.17, 15) is 4.79 Å². The van der Waals surface area contributed by atoms with E-state index in [-0.39, 0.29) is 0 Å². The van der Waals surface area contributed by atoms with E-state index in [1.54, 1.807) is 0 Å². The fourth-order valence-electron chi connectivity index (χ4n) is 2.87. The Kier molecular flexibility index (Phi) is 4.31. The summed E-state index contributed by atoms with van der Waals surface area (Å²) >= 11 is 0. The van der Waals surface area contributed by atoms with Gasteiger partial charge >= 0.3 is 0 Å². The molecular weight excluding hydrogens is 250 g/mol. The van der Waals surface area contributed by atoms with E-state index >= 15 is 0 Å². The lowest BCUT2D eigenvalue weighted by molar-refractivity contribution is -0.133. The third-order valence-electron chi connectivity index (χ3n) is 4.20. The van der Waals surface area contributed by atoms with Crippen LogP contribution in [0, 0.1) is 0 Å². The molecule has 1 aromatic rings. The molecule has 0 N–H and O–H groups in total. The molecule has 0 unspecified atom stereocenters. The van der Waals surface area contributed by atoms with Gasteiger partial charge in [-0.1, -0.05) is 6.07 Å².